The molecular formula is C13H12O5. The molecule has 1 aliphatic rings. The highest BCUT2D eigenvalue weighted by Crippen LogP contribution is 2.32. The fraction of sp³-hybridized carbons (Fsp3) is 0.231. The van der Waals surface area contributed by atoms with Crippen LogP contribution in [0.25, 0.3) is 6.08 Å². The van der Waals surface area contributed by atoms with Crippen molar-refractivity contribution in [2.45, 2.75) is 19.6 Å². The topological polar surface area (TPSA) is 72.8 Å². The molecule has 18 heavy (non-hydrogen) atoms. The lowest BCUT2D eigenvalue weighted by Crippen LogP contribution is -2.38. The number of hydrogen-bond donors (Lipinski definition) is 1. The van der Waals surface area contributed by atoms with Gasteiger partial charge in [-0.2, -0.15) is 0 Å². The number of carboxylic acids is 1. The fourth-order valence-electron chi connectivity index (χ4n) is 1.63. The Labute approximate surface area is 104 Å². The van der Waals surface area contributed by atoms with Crippen molar-refractivity contribution in [3.05, 3.63) is 35.4 Å². The zero-order chi connectivity index (χ0) is 13.3. The molecule has 0 aromatic heterocycles. The fourth-order valence-corrected chi connectivity index (χ4v) is 1.63. The molecule has 2 rings (SSSR count). The maximum absolute atomic E-state index is 11.7. The van der Waals surface area contributed by atoms with E-state index in [0.29, 0.717) is 16.9 Å². The van der Waals surface area contributed by atoms with Crippen LogP contribution in [0.5, 0.6) is 5.75 Å². The van der Waals surface area contributed by atoms with Crippen molar-refractivity contribution in [2.75, 3.05) is 0 Å². The van der Waals surface area contributed by atoms with Crippen molar-refractivity contribution in [3.63, 3.8) is 0 Å². The molecule has 5 nitrogen and oxygen atoms in total. The number of cyclic esters (lactones) is 1. The molecule has 0 saturated carbocycles. The molecule has 1 N–H and O–H groups in total. The van der Waals surface area contributed by atoms with Gasteiger partial charge in [0, 0.05) is 19.9 Å². The van der Waals surface area contributed by atoms with Crippen LogP contribution in [0.3, 0.4) is 0 Å². The molecule has 0 bridgehead atoms. The minimum Gasteiger partial charge on any atom is -0.478 e. The highest BCUT2D eigenvalue weighted by Gasteiger charge is 2.33. The van der Waals surface area contributed by atoms with Gasteiger partial charge in [-0.1, -0.05) is 6.07 Å². The Bertz CT molecular complexity index is 542. The molecule has 1 aliphatic heterocycles. The molecule has 0 aliphatic carbocycles. The van der Waals surface area contributed by atoms with Crippen molar-refractivity contribution < 1.29 is 24.2 Å². The highest BCUT2D eigenvalue weighted by molar-refractivity contribution is 5.94. The summed E-state index contributed by atoms with van der Waals surface area (Å²) >= 11 is 0. The van der Waals surface area contributed by atoms with Gasteiger partial charge in [-0.15, -0.1) is 0 Å². The summed E-state index contributed by atoms with van der Waals surface area (Å²) in [6.45, 7) is 3.27. The SMILES string of the molecule is CC1(C)OC(=O)c2ccc(/C=C/C(=O)O)cc2O1. The van der Waals surface area contributed by atoms with E-state index in [1.807, 2.05) is 0 Å². The number of ether oxygens (including phenoxy) is 2. The maximum Gasteiger partial charge on any atom is 0.345 e. The van der Waals surface area contributed by atoms with Crippen LogP contribution in [0.2, 0.25) is 0 Å². The van der Waals surface area contributed by atoms with Crippen molar-refractivity contribution in [1.82, 2.24) is 0 Å². The first-order chi connectivity index (χ1) is 8.37. The predicted octanol–water partition coefficient (Wildman–Crippen LogP) is 2.07. The molecule has 0 fully saturated rings. The second kappa shape index (κ2) is 4.18. The van der Waals surface area contributed by atoms with Crippen LogP contribution in [0, 0.1) is 0 Å². The number of hydrogen-bond acceptors (Lipinski definition) is 4. The van der Waals surface area contributed by atoms with Gasteiger partial charge in [0.1, 0.15) is 11.3 Å². The van der Waals surface area contributed by atoms with E-state index in [1.54, 1.807) is 32.0 Å². The summed E-state index contributed by atoms with van der Waals surface area (Å²) in [5.74, 6) is -2.11. The van der Waals surface area contributed by atoms with E-state index in [4.69, 9.17) is 14.6 Å². The van der Waals surface area contributed by atoms with Crippen LogP contribution in [-0.2, 0) is 9.53 Å². The van der Waals surface area contributed by atoms with Gasteiger partial charge in [0.15, 0.2) is 0 Å². The second-order valence-corrected chi connectivity index (χ2v) is 4.32. The van der Waals surface area contributed by atoms with Gasteiger partial charge in [-0.05, 0) is 23.8 Å². The summed E-state index contributed by atoms with van der Waals surface area (Å²) in [4.78, 5) is 22.1. The standard InChI is InChI=1S/C13H12O5/c1-13(2)17-10-7-8(4-6-11(14)15)3-5-9(10)12(16)18-13/h3-7H,1-2H3,(H,14,15)/b6-4+. The summed E-state index contributed by atoms with van der Waals surface area (Å²) in [5, 5.41) is 8.55. The molecule has 0 spiro atoms. The average molecular weight is 248 g/mol. The van der Waals surface area contributed by atoms with Gasteiger partial charge in [0.05, 0.1) is 0 Å². The van der Waals surface area contributed by atoms with Gasteiger partial charge in [-0.3, -0.25) is 0 Å². The summed E-state index contributed by atoms with van der Waals surface area (Å²) in [7, 11) is 0. The Morgan fingerprint density at radius 2 is 2.06 bits per heavy atom. The number of aliphatic carboxylic acids is 1. The lowest BCUT2D eigenvalue weighted by molar-refractivity contribution is -0.131. The first kappa shape index (κ1) is 12.2. The van der Waals surface area contributed by atoms with Crippen LogP contribution in [0.15, 0.2) is 24.3 Å². The average Bonchev–Trinajstić information content (AvgIpc) is 2.24. The number of benzene rings is 1. The Kier molecular flexibility index (Phi) is 2.82. The lowest BCUT2D eigenvalue weighted by Gasteiger charge is -2.31. The molecular weight excluding hydrogens is 236 g/mol. The predicted molar refractivity (Wildman–Crippen MR) is 63.2 cm³/mol. The Balaban J connectivity index is 2.37. The van der Waals surface area contributed by atoms with Crippen LogP contribution in [0.4, 0.5) is 0 Å². The smallest absolute Gasteiger partial charge is 0.345 e. The van der Waals surface area contributed by atoms with Crippen molar-refractivity contribution in [3.8, 4) is 5.75 Å². The summed E-state index contributed by atoms with van der Waals surface area (Å²) < 4.78 is 10.6. The largest absolute Gasteiger partial charge is 0.478 e. The Morgan fingerprint density at radius 3 is 2.72 bits per heavy atom. The maximum atomic E-state index is 11.7. The van der Waals surface area contributed by atoms with Gasteiger partial charge in [-0.25, -0.2) is 9.59 Å². The van der Waals surface area contributed by atoms with Gasteiger partial charge in [0.2, 0.25) is 5.79 Å². The number of esters is 1. The van der Waals surface area contributed by atoms with E-state index >= 15 is 0 Å². The molecule has 0 atom stereocenters. The van der Waals surface area contributed by atoms with E-state index in [-0.39, 0.29) is 0 Å². The number of rotatable bonds is 2. The van der Waals surface area contributed by atoms with Gasteiger partial charge >= 0.3 is 11.9 Å². The summed E-state index contributed by atoms with van der Waals surface area (Å²) in [6.07, 6.45) is 2.45. The first-order valence-corrected chi connectivity index (χ1v) is 5.35. The third-order valence-electron chi connectivity index (χ3n) is 2.34. The van der Waals surface area contributed by atoms with Crippen molar-refractivity contribution in [2.24, 2.45) is 0 Å². The molecule has 0 radical (unpaired) electrons. The van der Waals surface area contributed by atoms with E-state index in [1.165, 1.54) is 6.08 Å². The van der Waals surface area contributed by atoms with E-state index in [2.05, 4.69) is 0 Å². The highest BCUT2D eigenvalue weighted by atomic mass is 16.7. The third-order valence-corrected chi connectivity index (χ3v) is 2.34. The number of carboxylic acid groups (broad SMARTS) is 1. The van der Waals surface area contributed by atoms with Crippen molar-refractivity contribution >= 4 is 18.0 Å². The van der Waals surface area contributed by atoms with Gasteiger partial charge in [0.25, 0.3) is 0 Å². The molecule has 0 saturated heterocycles. The second-order valence-electron chi connectivity index (χ2n) is 4.32. The van der Waals surface area contributed by atoms with Crippen molar-refractivity contribution in [1.29, 1.82) is 0 Å². The molecule has 94 valence electrons. The molecule has 1 aromatic carbocycles. The molecule has 1 heterocycles. The zero-order valence-corrected chi connectivity index (χ0v) is 9.97. The Hall–Kier alpha value is -2.30. The molecule has 0 amide bonds. The minimum atomic E-state index is -1.03. The third kappa shape index (κ3) is 2.51. The molecule has 0 unspecified atom stereocenters. The lowest BCUT2D eigenvalue weighted by atomic mass is 10.1. The molecule has 1 aromatic rings. The summed E-state index contributed by atoms with van der Waals surface area (Å²) in [6, 6.07) is 4.78. The van der Waals surface area contributed by atoms with Crippen LogP contribution in [0.1, 0.15) is 29.8 Å². The molecule has 5 heteroatoms. The van der Waals surface area contributed by atoms with E-state index in [9.17, 15) is 9.59 Å². The van der Waals surface area contributed by atoms with E-state index in [0.717, 1.165) is 6.08 Å². The van der Waals surface area contributed by atoms with Crippen LogP contribution in [-0.4, -0.2) is 22.8 Å². The Morgan fingerprint density at radius 1 is 1.33 bits per heavy atom. The van der Waals surface area contributed by atoms with Gasteiger partial charge < -0.3 is 14.6 Å². The van der Waals surface area contributed by atoms with Crippen LogP contribution >= 0.6 is 0 Å². The number of fused-ring (bicyclic) bond motifs is 1. The van der Waals surface area contributed by atoms with E-state index < -0.39 is 17.7 Å². The van der Waals surface area contributed by atoms with Crippen LogP contribution < -0.4 is 4.74 Å². The first-order valence-electron chi connectivity index (χ1n) is 5.35. The normalized spacial score (nSPS) is 16.9. The minimum absolute atomic E-state index is 0.335. The number of carbonyl (C=O) groups is 2. The summed E-state index contributed by atoms with van der Waals surface area (Å²) in [5.41, 5.74) is 0.975. The zero-order valence-electron chi connectivity index (χ0n) is 9.97. The number of carbonyl (C=O) groups excluding carboxylic acids is 1. The monoisotopic (exact) mass is 248 g/mol. The quantitative estimate of drug-likeness (QED) is 0.640.